The highest BCUT2D eigenvalue weighted by molar-refractivity contribution is 5.95. The fraction of sp³-hybridized carbons (Fsp3) is 0.423. The Balaban J connectivity index is 1.73. The number of aryl methyl sites for hydroxylation is 1. The number of hydrogen-bond donors (Lipinski definition) is 6. The Morgan fingerprint density at radius 3 is 2.50 bits per heavy atom. The van der Waals surface area contributed by atoms with Gasteiger partial charge in [0, 0.05) is 11.3 Å². The zero-order valence-corrected chi connectivity index (χ0v) is 20.6. The van der Waals surface area contributed by atoms with Crippen LogP contribution in [0.2, 0.25) is 0 Å². The number of ketones is 1. The molecule has 2 amide bonds. The molecule has 1 heterocycles. The van der Waals surface area contributed by atoms with Crippen LogP contribution in [0, 0.1) is 6.92 Å². The van der Waals surface area contributed by atoms with Crippen LogP contribution in [0.15, 0.2) is 42.5 Å². The van der Waals surface area contributed by atoms with Gasteiger partial charge in [0.25, 0.3) is 0 Å². The number of aromatic hydroxyl groups is 1. The number of amides is 2. The third-order valence-corrected chi connectivity index (χ3v) is 7.74. The van der Waals surface area contributed by atoms with E-state index in [9.17, 15) is 29.7 Å². The SMILES string of the molecule is CC[C@@]12NC(=O)N[C@@H]1[C@@H](Nc1cccc(C(C)=O)c1)[C@@](O)(COC(=O)c1c(C)cccc1O)[C@@]2(C)O. The number of anilines is 1. The van der Waals surface area contributed by atoms with Crippen LogP contribution >= 0.6 is 0 Å². The number of carbonyl (C=O) groups excluding carboxylic acids is 3. The topological polar surface area (TPSA) is 157 Å². The molecule has 1 aliphatic heterocycles. The van der Waals surface area contributed by atoms with Gasteiger partial charge in [-0.05, 0) is 51.0 Å². The van der Waals surface area contributed by atoms with Crippen LogP contribution in [0.5, 0.6) is 5.75 Å². The molecule has 0 radical (unpaired) electrons. The maximum Gasteiger partial charge on any atom is 0.342 e. The van der Waals surface area contributed by atoms with Gasteiger partial charge in [-0.1, -0.05) is 31.2 Å². The first kappa shape index (κ1) is 25.5. The number of ether oxygens (including phenoxy) is 1. The summed E-state index contributed by atoms with van der Waals surface area (Å²) >= 11 is 0. The normalized spacial score (nSPS) is 30.8. The Morgan fingerprint density at radius 2 is 1.86 bits per heavy atom. The van der Waals surface area contributed by atoms with E-state index in [4.69, 9.17) is 4.74 Å². The van der Waals surface area contributed by atoms with Crippen molar-refractivity contribution in [3.05, 3.63) is 59.2 Å². The number of Topliss-reactive ketones (excluding diaryl/α,β-unsaturated/α-hetero) is 1. The highest BCUT2D eigenvalue weighted by atomic mass is 16.5. The van der Waals surface area contributed by atoms with Crippen molar-refractivity contribution in [2.75, 3.05) is 11.9 Å². The van der Waals surface area contributed by atoms with Gasteiger partial charge in [0.05, 0.1) is 17.6 Å². The van der Waals surface area contributed by atoms with Crippen LogP contribution in [-0.4, -0.2) is 68.5 Å². The number of carbonyl (C=O) groups is 3. The van der Waals surface area contributed by atoms with Crippen molar-refractivity contribution in [2.45, 2.75) is 62.9 Å². The molecule has 2 fully saturated rings. The summed E-state index contributed by atoms with van der Waals surface area (Å²) in [6.07, 6.45) is 0.254. The molecule has 1 saturated heterocycles. The van der Waals surface area contributed by atoms with Crippen LogP contribution < -0.4 is 16.0 Å². The number of nitrogens with one attached hydrogen (secondary N) is 3. The van der Waals surface area contributed by atoms with Gasteiger partial charge in [0.1, 0.15) is 23.5 Å². The summed E-state index contributed by atoms with van der Waals surface area (Å²) in [6, 6.07) is 8.85. The van der Waals surface area contributed by atoms with Crippen LogP contribution in [0.25, 0.3) is 0 Å². The van der Waals surface area contributed by atoms with Crippen molar-refractivity contribution >= 4 is 23.5 Å². The first-order chi connectivity index (χ1) is 16.9. The van der Waals surface area contributed by atoms with Crippen molar-refractivity contribution in [1.29, 1.82) is 0 Å². The van der Waals surface area contributed by atoms with E-state index in [1.807, 2.05) is 0 Å². The van der Waals surface area contributed by atoms with E-state index in [0.29, 0.717) is 16.8 Å². The second kappa shape index (κ2) is 8.79. The molecule has 2 aliphatic rings. The molecule has 192 valence electrons. The molecule has 0 bridgehead atoms. The fourth-order valence-corrected chi connectivity index (χ4v) is 5.60. The van der Waals surface area contributed by atoms with Crippen LogP contribution in [0.4, 0.5) is 10.5 Å². The molecule has 6 N–H and O–H groups in total. The molecule has 36 heavy (non-hydrogen) atoms. The summed E-state index contributed by atoms with van der Waals surface area (Å²) in [4.78, 5) is 37.2. The molecule has 4 rings (SSSR count). The van der Waals surface area contributed by atoms with E-state index in [2.05, 4.69) is 16.0 Å². The highest BCUT2D eigenvalue weighted by Crippen LogP contribution is 2.51. The molecule has 1 aliphatic carbocycles. The van der Waals surface area contributed by atoms with E-state index in [-0.39, 0.29) is 23.5 Å². The first-order valence-electron chi connectivity index (χ1n) is 11.7. The molecular weight excluding hydrogens is 466 g/mol. The summed E-state index contributed by atoms with van der Waals surface area (Å²) in [5.74, 6) is -1.29. The Bertz CT molecular complexity index is 1210. The minimum atomic E-state index is -2.10. The minimum Gasteiger partial charge on any atom is -0.507 e. The Morgan fingerprint density at radius 1 is 1.17 bits per heavy atom. The van der Waals surface area contributed by atoms with Gasteiger partial charge in [-0.2, -0.15) is 0 Å². The smallest absolute Gasteiger partial charge is 0.342 e. The minimum absolute atomic E-state index is 0.0470. The van der Waals surface area contributed by atoms with Gasteiger partial charge in [-0.25, -0.2) is 9.59 Å². The largest absolute Gasteiger partial charge is 0.507 e. The van der Waals surface area contributed by atoms with Crippen molar-refractivity contribution in [3.8, 4) is 5.75 Å². The number of hydrogen-bond acceptors (Lipinski definition) is 8. The number of phenolic OH excluding ortho intramolecular Hbond substituents is 1. The van der Waals surface area contributed by atoms with E-state index in [0.717, 1.165) is 0 Å². The van der Waals surface area contributed by atoms with Crippen molar-refractivity contribution in [3.63, 3.8) is 0 Å². The second-order valence-corrected chi connectivity index (χ2v) is 9.70. The highest BCUT2D eigenvalue weighted by Gasteiger charge is 2.77. The van der Waals surface area contributed by atoms with E-state index >= 15 is 0 Å². The fourth-order valence-electron chi connectivity index (χ4n) is 5.60. The van der Waals surface area contributed by atoms with E-state index < -0.39 is 47.4 Å². The number of fused-ring (bicyclic) bond motifs is 1. The molecule has 0 aromatic heterocycles. The average molecular weight is 498 g/mol. The number of benzene rings is 2. The van der Waals surface area contributed by atoms with Gasteiger partial charge >= 0.3 is 12.0 Å². The number of aliphatic hydroxyl groups is 2. The summed E-state index contributed by atoms with van der Waals surface area (Å²) in [6.45, 7) is 5.58. The van der Waals surface area contributed by atoms with Crippen molar-refractivity contribution < 1.29 is 34.4 Å². The van der Waals surface area contributed by atoms with Gasteiger partial charge in [0.2, 0.25) is 0 Å². The number of rotatable bonds is 7. The standard InChI is InChI=1S/C26H31N3O7/c1-5-25-20(28-23(33)29-25)21(27-17-10-7-9-16(12-17)15(3)30)26(35,24(25,4)34)13-36-22(32)19-14(2)8-6-11-18(19)31/h6-12,20-21,27,31,34-35H,5,13H2,1-4H3,(H2,28,29,33)/t20-,21-,24+,25-,26+/m1/s1. The molecule has 0 unspecified atom stereocenters. The Kier molecular flexibility index (Phi) is 6.22. The van der Waals surface area contributed by atoms with Crippen molar-refractivity contribution in [1.82, 2.24) is 10.6 Å². The summed E-state index contributed by atoms with van der Waals surface area (Å²) in [5, 5.41) is 42.7. The predicted molar refractivity (Wildman–Crippen MR) is 131 cm³/mol. The third-order valence-electron chi connectivity index (χ3n) is 7.74. The Labute approximate surface area is 208 Å². The predicted octanol–water partition coefficient (Wildman–Crippen LogP) is 1.87. The Hall–Kier alpha value is -3.63. The molecule has 5 atom stereocenters. The third kappa shape index (κ3) is 3.68. The quantitative estimate of drug-likeness (QED) is 0.250. The average Bonchev–Trinajstić information content (AvgIpc) is 3.23. The zero-order chi connectivity index (χ0) is 26.5. The van der Waals surface area contributed by atoms with Gasteiger partial charge in [0.15, 0.2) is 11.4 Å². The van der Waals surface area contributed by atoms with Gasteiger partial charge in [-0.3, -0.25) is 4.79 Å². The lowest BCUT2D eigenvalue weighted by molar-refractivity contribution is -0.171. The summed E-state index contributed by atoms with van der Waals surface area (Å²) in [7, 11) is 0. The first-order valence-corrected chi connectivity index (χ1v) is 11.7. The molecule has 10 heteroatoms. The molecular formula is C26H31N3O7. The summed E-state index contributed by atoms with van der Waals surface area (Å²) in [5.41, 5.74) is -4.03. The molecule has 2 aromatic rings. The molecule has 0 spiro atoms. The number of phenols is 1. The monoisotopic (exact) mass is 497 g/mol. The van der Waals surface area contributed by atoms with Crippen LogP contribution in [0.3, 0.4) is 0 Å². The van der Waals surface area contributed by atoms with Gasteiger partial charge in [-0.15, -0.1) is 0 Å². The second-order valence-electron chi connectivity index (χ2n) is 9.70. The lowest BCUT2D eigenvalue weighted by Gasteiger charge is -2.44. The van der Waals surface area contributed by atoms with Crippen LogP contribution in [-0.2, 0) is 4.74 Å². The van der Waals surface area contributed by atoms with E-state index in [1.54, 1.807) is 50.2 Å². The van der Waals surface area contributed by atoms with Gasteiger partial charge < -0.3 is 36.0 Å². The lowest BCUT2D eigenvalue weighted by Crippen LogP contribution is -2.68. The summed E-state index contributed by atoms with van der Waals surface area (Å²) < 4.78 is 5.48. The lowest BCUT2D eigenvalue weighted by atomic mass is 9.75. The molecule has 10 nitrogen and oxygen atoms in total. The van der Waals surface area contributed by atoms with E-state index in [1.165, 1.54) is 19.9 Å². The number of esters is 1. The molecule has 2 aromatic carbocycles. The zero-order valence-electron chi connectivity index (χ0n) is 20.6. The van der Waals surface area contributed by atoms with Crippen LogP contribution in [0.1, 0.15) is 53.5 Å². The maximum atomic E-state index is 12.9. The molecule has 1 saturated carbocycles. The maximum absolute atomic E-state index is 12.9. The number of urea groups is 1. The van der Waals surface area contributed by atoms with Crippen molar-refractivity contribution in [2.24, 2.45) is 0 Å².